The monoisotopic (exact) mass is 601 g/mol. The average molecular weight is 602 g/mol. The van der Waals surface area contributed by atoms with Gasteiger partial charge in [0.15, 0.2) is 11.2 Å². The van der Waals surface area contributed by atoms with Gasteiger partial charge in [-0.05, 0) is 57.3 Å². The van der Waals surface area contributed by atoms with Crippen molar-refractivity contribution in [2.75, 3.05) is 0 Å². The molecular formula is C42H23N3O2. The Bertz CT molecular complexity index is 3000. The van der Waals surface area contributed by atoms with Crippen molar-refractivity contribution >= 4 is 87.4 Å². The van der Waals surface area contributed by atoms with Crippen LogP contribution in [0.2, 0.25) is 0 Å². The summed E-state index contributed by atoms with van der Waals surface area (Å²) >= 11 is 0. The Balaban J connectivity index is 1.38. The van der Waals surface area contributed by atoms with E-state index in [1.807, 2.05) is 36.4 Å². The van der Waals surface area contributed by atoms with Crippen LogP contribution < -0.4 is 0 Å². The largest absolute Gasteiger partial charge is 0.450 e. The first-order chi connectivity index (χ1) is 23.3. The average Bonchev–Trinajstić information content (AvgIpc) is 3.79. The minimum atomic E-state index is 0.569. The van der Waals surface area contributed by atoms with E-state index >= 15 is 0 Å². The van der Waals surface area contributed by atoms with Gasteiger partial charge < -0.3 is 8.83 Å². The molecule has 0 bridgehead atoms. The molecule has 5 heteroatoms. The second kappa shape index (κ2) is 9.05. The Morgan fingerprint density at radius 1 is 0.447 bits per heavy atom. The topological polar surface area (TPSA) is 57.0 Å². The van der Waals surface area contributed by atoms with Gasteiger partial charge in [-0.3, -0.25) is 4.57 Å². The third kappa shape index (κ3) is 3.32. The number of para-hydroxylation sites is 2. The molecule has 218 valence electrons. The first kappa shape index (κ1) is 24.8. The quantitative estimate of drug-likeness (QED) is 0.185. The van der Waals surface area contributed by atoms with E-state index < -0.39 is 0 Å². The molecular weight excluding hydrogens is 578 g/mol. The standard InChI is InChI=1S/C42H23N3O2/c1-2-12-25-23-26(22-21-24(25)11-1)36-35-29-15-5-3-13-27(29)28-14-4-6-16-30(28)37(35)44-42(43-36)45-38-31-17-7-9-19-33(31)46-40(38)41-39(45)32-18-8-10-20-34(32)47-41/h1-23H. The zero-order valence-corrected chi connectivity index (χ0v) is 24.9. The van der Waals surface area contributed by atoms with Gasteiger partial charge in [0.1, 0.15) is 22.2 Å². The highest BCUT2D eigenvalue weighted by atomic mass is 16.4. The van der Waals surface area contributed by atoms with E-state index in [9.17, 15) is 0 Å². The Morgan fingerprint density at radius 3 is 1.66 bits per heavy atom. The molecule has 11 rings (SSSR count). The fourth-order valence-corrected chi connectivity index (χ4v) is 7.53. The molecule has 4 aromatic heterocycles. The van der Waals surface area contributed by atoms with Crippen molar-refractivity contribution in [3.8, 4) is 17.2 Å². The first-order valence-corrected chi connectivity index (χ1v) is 15.8. The molecule has 47 heavy (non-hydrogen) atoms. The van der Waals surface area contributed by atoms with Crippen LogP contribution in [0.5, 0.6) is 0 Å². The zero-order valence-electron chi connectivity index (χ0n) is 24.9. The lowest BCUT2D eigenvalue weighted by molar-refractivity contribution is 0.634. The second-order valence-corrected chi connectivity index (χ2v) is 12.1. The molecule has 0 aliphatic heterocycles. The van der Waals surface area contributed by atoms with Gasteiger partial charge in [0.25, 0.3) is 0 Å². The summed E-state index contributed by atoms with van der Waals surface area (Å²) in [5.41, 5.74) is 7.58. The van der Waals surface area contributed by atoms with Gasteiger partial charge in [-0.2, -0.15) is 0 Å². The smallest absolute Gasteiger partial charge is 0.236 e. The summed E-state index contributed by atoms with van der Waals surface area (Å²) in [6, 6.07) is 48.4. The lowest BCUT2D eigenvalue weighted by atomic mass is 9.94. The van der Waals surface area contributed by atoms with Crippen LogP contribution in [0.3, 0.4) is 0 Å². The molecule has 0 unspecified atom stereocenters. The maximum absolute atomic E-state index is 6.51. The van der Waals surface area contributed by atoms with E-state index in [4.69, 9.17) is 18.8 Å². The molecule has 0 saturated carbocycles. The SMILES string of the molecule is c1ccc2cc(-c3nc(-n4c5c6ccccc6oc5c5oc6ccccc6c54)nc4c5ccccc5c5ccccc5c34)ccc2c1. The molecule has 0 N–H and O–H groups in total. The highest BCUT2D eigenvalue weighted by molar-refractivity contribution is 6.27. The fourth-order valence-electron chi connectivity index (χ4n) is 7.53. The number of rotatable bonds is 2. The van der Waals surface area contributed by atoms with Crippen molar-refractivity contribution in [3.63, 3.8) is 0 Å². The van der Waals surface area contributed by atoms with E-state index in [1.165, 1.54) is 10.8 Å². The number of nitrogens with zero attached hydrogens (tertiary/aromatic N) is 3. The number of aromatic nitrogens is 3. The minimum absolute atomic E-state index is 0.569. The zero-order chi connectivity index (χ0) is 30.6. The maximum atomic E-state index is 6.51. The molecule has 7 aromatic carbocycles. The van der Waals surface area contributed by atoms with Crippen LogP contribution in [0.1, 0.15) is 0 Å². The van der Waals surface area contributed by atoms with Gasteiger partial charge >= 0.3 is 0 Å². The number of benzene rings is 7. The van der Waals surface area contributed by atoms with E-state index in [-0.39, 0.29) is 0 Å². The van der Waals surface area contributed by atoms with Crippen LogP contribution in [0.15, 0.2) is 148 Å². The van der Waals surface area contributed by atoms with Crippen molar-refractivity contribution < 1.29 is 8.83 Å². The van der Waals surface area contributed by atoms with E-state index in [2.05, 4.69) is 108 Å². The fraction of sp³-hybridized carbons (Fsp3) is 0. The Kier molecular flexibility index (Phi) is 4.78. The molecule has 0 amide bonds. The third-order valence-corrected chi connectivity index (χ3v) is 9.58. The highest BCUT2D eigenvalue weighted by Gasteiger charge is 2.27. The second-order valence-electron chi connectivity index (χ2n) is 12.1. The van der Waals surface area contributed by atoms with Crippen molar-refractivity contribution in [2.45, 2.75) is 0 Å². The van der Waals surface area contributed by atoms with E-state index in [0.717, 1.165) is 76.7 Å². The molecule has 11 aromatic rings. The molecule has 0 saturated heterocycles. The summed E-state index contributed by atoms with van der Waals surface area (Å²) in [5, 5.41) is 9.91. The summed E-state index contributed by atoms with van der Waals surface area (Å²) in [7, 11) is 0. The Labute approximate surface area is 266 Å². The number of hydrogen-bond donors (Lipinski definition) is 0. The number of fused-ring (bicyclic) bond motifs is 14. The summed E-state index contributed by atoms with van der Waals surface area (Å²) < 4.78 is 15.2. The van der Waals surface area contributed by atoms with Crippen molar-refractivity contribution in [1.82, 2.24) is 14.5 Å². The van der Waals surface area contributed by atoms with E-state index in [0.29, 0.717) is 17.1 Å². The summed E-state index contributed by atoms with van der Waals surface area (Å²) in [4.78, 5) is 11.0. The van der Waals surface area contributed by atoms with E-state index in [1.54, 1.807) is 0 Å². The van der Waals surface area contributed by atoms with Crippen LogP contribution in [0.4, 0.5) is 0 Å². The van der Waals surface area contributed by atoms with Gasteiger partial charge in [0.05, 0.1) is 11.2 Å². The Morgan fingerprint density at radius 2 is 0.979 bits per heavy atom. The first-order valence-electron chi connectivity index (χ1n) is 15.8. The van der Waals surface area contributed by atoms with Crippen molar-refractivity contribution in [1.29, 1.82) is 0 Å². The third-order valence-electron chi connectivity index (χ3n) is 9.58. The van der Waals surface area contributed by atoms with Crippen molar-refractivity contribution in [3.05, 3.63) is 140 Å². The van der Waals surface area contributed by atoms with Gasteiger partial charge in [0.2, 0.25) is 5.95 Å². The minimum Gasteiger partial charge on any atom is -0.450 e. The summed E-state index contributed by atoms with van der Waals surface area (Å²) in [5.74, 6) is 0.569. The normalized spacial score (nSPS) is 12.3. The molecule has 0 spiro atoms. The van der Waals surface area contributed by atoms with Crippen LogP contribution in [-0.4, -0.2) is 14.5 Å². The highest BCUT2D eigenvalue weighted by Crippen LogP contribution is 2.44. The Hall–Kier alpha value is -6.46. The molecule has 0 aliphatic rings. The van der Waals surface area contributed by atoms with Gasteiger partial charge in [-0.25, -0.2) is 9.97 Å². The van der Waals surface area contributed by atoms with Crippen LogP contribution in [0.25, 0.3) is 105 Å². The van der Waals surface area contributed by atoms with Crippen LogP contribution in [0, 0.1) is 0 Å². The summed E-state index contributed by atoms with van der Waals surface area (Å²) in [6.45, 7) is 0. The lowest BCUT2D eigenvalue weighted by Gasteiger charge is -2.16. The van der Waals surface area contributed by atoms with Gasteiger partial charge in [-0.15, -0.1) is 0 Å². The van der Waals surface area contributed by atoms with Crippen LogP contribution in [-0.2, 0) is 0 Å². The molecule has 0 radical (unpaired) electrons. The predicted molar refractivity (Wildman–Crippen MR) is 191 cm³/mol. The predicted octanol–water partition coefficient (Wildman–Crippen LogP) is 11.3. The molecule has 5 nitrogen and oxygen atoms in total. The molecule has 4 heterocycles. The van der Waals surface area contributed by atoms with Gasteiger partial charge in [0, 0.05) is 27.1 Å². The number of hydrogen-bond acceptors (Lipinski definition) is 4. The van der Waals surface area contributed by atoms with Gasteiger partial charge in [-0.1, -0.05) is 109 Å². The molecule has 0 fully saturated rings. The van der Waals surface area contributed by atoms with Crippen LogP contribution >= 0.6 is 0 Å². The summed E-state index contributed by atoms with van der Waals surface area (Å²) in [6.07, 6.45) is 0. The van der Waals surface area contributed by atoms with Crippen molar-refractivity contribution in [2.24, 2.45) is 0 Å². The lowest BCUT2D eigenvalue weighted by Crippen LogP contribution is -2.04. The maximum Gasteiger partial charge on any atom is 0.236 e. The molecule has 0 atom stereocenters. The molecule has 0 aliphatic carbocycles. The number of furan rings is 2.